The molecule has 3 amide bonds. The van der Waals surface area contributed by atoms with Crippen LogP contribution >= 0.6 is 22.6 Å². The van der Waals surface area contributed by atoms with Crippen LogP contribution in [0.15, 0.2) is 0 Å². The highest BCUT2D eigenvalue weighted by molar-refractivity contribution is 14.1. The van der Waals surface area contributed by atoms with Crippen LogP contribution in [-0.2, 0) is 19.1 Å². The molecule has 11 heteroatoms. The van der Waals surface area contributed by atoms with Gasteiger partial charge in [-0.1, -0.05) is 0 Å². The van der Waals surface area contributed by atoms with Crippen LogP contribution in [-0.4, -0.2) is 57.5 Å². The molecular weight excluding hydrogens is 473 g/mol. The van der Waals surface area contributed by atoms with Gasteiger partial charge in [-0.3, -0.25) is 9.59 Å². The number of nitrogens with one attached hydrogen (secondary N) is 3. The van der Waals surface area contributed by atoms with E-state index in [9.17, 15) is 19.2 Å². The van der Waals surface area contributed by atoms with Crippen LogP contribution in [0, 0.1) is 0 Å². The molecule has 0 unspecified atom stereocenters. The Morgan fingerprint density at radius 1 is 0.963 bits per heavy atom. The standard InChI is InChI=1S/C16H28IN3O7/c1-15(2,3)26-13(24)19-9-8-18-12(23)10(6-7-11(21)22)20-14(25)27-16(4,5)17/h10H,6-9H2,1-5H3,(H,18,23)(H,19,24)(H,20,25)(H,21,22)/t10-/m0/s1. The second kappa shape index (κ2) is 11.1. The normalized spacial score (nSPS) is 12.5. The molecule has 0 rings (SSSR count). The summed E-state index contributed by atoms with van der Waals surface area (Å²) in [6, 6.07) is -1.08. The van der Waals surface area contributed by atoms with Gasteiger partial charge in [0.15, 0.2) is 3.61 Å². The molecule has 0 heterocycles. The molecule has 0 aromatic heterocycles. The molecule has 27 heavy (non-hydrogen) atoms. The summed E-state index contributed by atoms with van der Waals surface area (Å²) in [5.74, 6) is -1.67. The third-order valence-electron chi connectivity index (χ3n) is 2.68. The molecule has 0 saturated heterocycles. The molecule has 1 atom stereocenters. The van der Waals surface area contributed by atoms with Crippen LogP contribution in [0.1, 0.15) is 47.5 Å². The number of alkyl halides is 1. The molecule has 0 spiro atoms. The van der Waals surface area contributed by atoms with Gasteiger partial charge in [0, 0.05) is 19.5 Å². The number of carbonyl (C=O) groups excluding carboxylic acids is 3. The number of carboxylic acid groups (broad SMARTS) is 1. The zero-order valence-corrected chi connectivity index (χ0v) is 18.3. The minimum absolute atomic E-state index is 0.0795. The lowest BCUT2D eigenvalue weighted by Crippen LogP contribution is -2.49. The third-order valence-corrected chi connectivity index (χ3v) is 2.90. The quantitative estimate of drug-likeness (QED) is 0.214. The van der Waals surface area contributed by atoms with Crippen LogP contribution in [0.4, 0.5) is 9.59 Å². The molecule has 0 aliphatic heterocycles. The molecule has 0 saturated carbocycles. The minimum Gasteiger partial charge on any atom is -0.481 e. The second-order valence-electron chi connectivity index (χ2n) is 7.10. The highest BCUT2D eigenvalue weighted by Crippen LogP contribution is 2.18. The van der Waals surface area contributed by atoms with Crippen LogP contribution in [0.3, 0.4) is 0 Å². The Bertz CT molecular complexity index is 541. The van der Waals surface area contributed by atoms with E-state index in [-0.39, 0.29) is 25.9 Å². The molecule has 0 aromatic rings. The maximum atomic E-state index is 12.2. The van der Waals surface area contributed by atoms with Crippen molar-refractivity contribution in [2.75, 3.05) is 13.1 Å². The highest BCUT2D eigenvalue weighted by Gasteiger charge is 2.25. The van der Waals surface area contributed by atoms with Gasteiger partial charge in [-0.15, -0.1) is 0 Å². The smallest absolute Gasteiger partial charge is 0.409 e. The van der Waals surface area contributed by atoms with Gasteiger partial charge in [-0.2, -0.15) is 0 Å². The Kier molecular flexibility index (Phi) is 10.4. The maximum absolute atomic E-state index is 12.2. The zero-order valence-electron chi connectivity index (χ0n) is 16.2. The van der Waals surface area contributed by atoms with Crippen molar-refractivity contribution in [3.05, 3.63) is 0 Å². The van der Waals surface area contributed by atoms with E-state index in [0.29, 0.717) is 0 Å². The summed E-state index contributed by atoms with van der Waals surface area (Å²) >= 11 is 1.90. The maximum Gasteiger partial charge on any atom is 0.409 e. The van der Waals surface area contributed by atoms with Gasteiger partial charge >= 0.3 is 18.2 Å². The van der Waals surface area contributed by atoms with Crippen molar-refractivity contribution in [2.24, 2.45) is 0 Å². The van der Waals surface area contributed by atoms with Crippen LogP contribution in [0.25, 0.3) is 0 Å². The van der Waals surface area contributed by atoms with Gasteiger partial charge in [0.1, 0.15) is 11.6 Å². The molecule has 0 aliphatic carbocycles. The van der Waals surface area contributed by atoms with Crippen molar-refractivity contribution >= 4 is 46.7 Å². The summed E-state index contributed by atoms with van der Waals surface area (Å²) < 4.78 is 9.33. The fraction of sp³-hybridized carbons (Fsp3) is 0.750. The van der Waals surface area contributed by atoms with Crippen LogP contribution in [0.2, 0.25) is 0 Å². The van der Waals surface area contributed by atoms with Crippen molar-refractivity contribution in [1.29, 1.82) is 0 Å². The Labute approximate surface area is 172 Å². The van der Waals surface area contributed by atoms with E-state index in [4.69, 9.17) is 14.6 Å². The first-order valence-corrected chi connectivity index (χ1v) is 9.42. The molecular formula is C16H28IN3O7. The molecule has 0 bridgehead atoms. The van der Waals surface area contributed by atoms with E-state index in [1.807, 2.05) is 22.6 Å². The predicted molar refractivity (Wildman–Crippen MR) is 106 cm³/mol. The van der Waals surface area contributed by atoms with Gasteiger partial charge in [0.05, 0.1) is 0 Å². The summed E-state index contributed by atoms with van der Waals surface area (Å²) in [4.78, 5) is 46.3. The summed E-state index contributed by atoms with van der Waals surface area (Å²) in [6.07, 6.45) is -1.85. The van der Waals surface area contributed by atoms with Crippen molar-refractivity contribution < 1.29 is 33.8 Å². The summed E-state index contributed by atoms with van der Waals surface area (Å²) in [5.41, 5.74) is -0.633. The van der Waals surface area contributed by atoms with Crippen molar-refractivity contribution in [3.63, 3.8) is 0 Å². The van der Waals surface area contributed by atoms with E-state index in [1.54, 1.807) is 34.6 Å². The van der Waals surface area contributed by atoms with E-state index >= 15 is 0 Å². The molecule has 0 radical (unpaired) electrons. The topological polar surface area (TPSA) is 143 Å². The first kappa shape index (κ1) is 25.2. The molecule has 0 aromatic carbocycles. The van der Waals surface area contributed by atoms with E-state index in [2.05, 4.69) is 16.0 Å². The number of alkyl carbamates (subject to hydrolysis) is 2. The van der Waals surface area contributed by atoms with E-state index < -0.39 is 39.3 Å². The van der Waals surface area contributed by atoms with Gasteiger partial charge < -0.3 is 30.5 Å². The number of ether oxygens (including phenoxy) is 2. The number of carbonyl (C=O) groups is 4. The highest BCUT2D eigenvalue weighted by atomic mass is 127. The Morgan fingerprint density at radius 2 is 1.52 bits per heavy atom. The van der Waals surface area contributed by atoms with Crippen molar-refractivity contribution in [3.8, 4) is 0 Å². The van der Waals surface area contributed by atoms with Gasteiger partial charge in [-0.05, 0) is 63.6 Å². The monoisotopic (exact) mass is 501 g/mol. The average Bonchev–Trinajstić information content (AvgIpc) is 2.43. The van der Waals surface area contributed by atoms with Gasteiger partial charge in [0.2, 0.25) is 5.91 Å². The Balaban J connectivity index is 4.51. The number of rotatable bonds is 9. The third kappa shape index (κ3) is 15.0. The minimum atomic E-state index is -1.09. The summed E-state index contributed by atoms with van der Waals surface area (Å²) in [5, 5.41) is 16.1. The molecule has 156 valence electrons. The van der Waals surface area contributed by atoms with Crippen LogP contribution in [0.5, 0.6) is 0 Å². The number of hydrogen-bond donors (Lipinski definition) is 4. The average molecular weight is 501 g/mol. The summed E-state index contributed by atoms with van der Waals surface area (Å²) in [6.45, 7) is 8.67. The SMILES string of the molecule is CC(C)(C)OC(=O)NCCNC(=O)[C@H](CCC(=O)O)NC(=O)OC(C)(C)I. The number of aliphatic carboxylic acids is 1. The molecule has 10 nitrogen and oxygen atoms in total. The number of hydrogen-bond acceptors (Lipinski definition) is 6. The Hall–Kier alpha value is -1.79. The molecule has 4 N–H and O–H groups in total. The van der Waals surface area contributed by atoms with Gasteiger partial charge in [0.25, 0.3) is 0 Å². The first-order chi connectivity index (χ1) is 12.2. The lowest BCUT2D eigenvalue weighted by atomic mass is 10.1. The van der Waals surface area contributed by atoms with Gasteiger partial charge in [-0.25, -0.2) is 9.59 Å². The number of halogens is 1. The summed E-state index contributed by atoms with van der Waals surface area (Å²) in [7, 11) is 0. The predicted octanol–water partition coefficient (Wildman–Crippen LogP) is 1.76. The fourth-order valence-corrected chi connectivity index (χ4v) is 1.92. The van der Waals surface area contributed by atoms with Crippen molar-refractivity contribution in [2.45, 2.75) is 62.7 Å². The van der Waals surface area contributed by atoms with Crippen molar-refractivity contribution in [1.82, 2.24) is 16.0 Å². The lowest BCUT2D eigenvalue weighted by molar-refractivity contribution is -0.137. The van der Waals surface area contributed by atoms with E-state index in [0.717, 1.165) is 0 Å². The number of carboxylic acids is 1. The van der Waals surface area contributed by atoms with E-state index in [1.165, 1.54) is 0 Å². The Morgan fingerprint density at radius 3 is 2.00 bits per heavy atom. The lowest BCUT2D eigenvalue weighted by Gasteiger charge is -2.22. The zero-order chi connectivity index (χ0) is 21.3. The van der Waals surface area contributed by atoms with Crippen LogP contribution < -0.4 is 16.0 Å². The number of amides is 3. The largest absolute Gasteiger partial charge is 0.481 e. The fourth-order valence-electron chi connectivity index (χ4n) is 1.72. The molecule has 0 fully saturated rings. The molecule has 0 aliphatic rings. The second-order valence-corrected chi connectivity index (χ2v) is 9.70. The first-order valence-electron chi connectivity index (χ1n) is 8.34.